The number of nitrogens with zero attached hydrogens (tertiary/aromatic N) is 1. The first kappa shape index (κ1) is 17.3. The maximum atomic E-state index is 13.1. The van der Waals surface area contributed by atoms with Gasteiger partial charge in [0.05, 0.1) is 10.6 Å². The second-order valence-electron chi connectivity index (χ2n) is 5.38. The van der Waals surface area contributed by atoms with E-state index < -0.39 is 9.84 Å². The fourth-order valence-electron chi connectivity index (χ4n) is 2.41. The number of aliphatic hydroxyl groups is 1. The van der Waals surface area contributed by atoms with Crippen molar-refractivity contribution < 1.29 is 22.3 Å². The Labute approximate surface area is 144 Å². The third-order valence-corrected chi connectivity index (χ3v) is 5.53. The molecule has 2 aromatic carbocycles. The van der Waals surface area contributed by atoms with Crippen LogP contribution in [-0.4, -0.2) is 24.3 Å². The maximum Gasteiger partial charge on any atom is 0.221 e. The molecular weight excluding hydrogens is 345 g/mol. The molecule has 0 atom stereocenters. The Morgan fingerprint density at radius 1 is 1.04 bits per heavy atom. The molecule has 1 aromatic heterocycles. The van der Waals surface area contributed by atoms with Gasteiger partial charge in [-0.25, -0.2) is 17.8 Å². The van der Waals surface area contributed by atoms with Crippen molar-refractivity contribution in [3.8, 4) is 22.6 Å². The van der Waals surface area contributed by atoms with Gasteiger partial charge in [-0.15, -0.1) is 0 Å². The van der Waals surface area contributed by atoms with Crippen LogP contribution in [0.4, 0.5) is 4.39 Å². The summed E-state index contributed by atoms with van der Waals surface area (Å²) in [4.78, 5) is 4.46. The van der Waals surface area contributed by atoms with Crippen molar-refractivity contribution in [3.63, 3.8) is 0 Å². The molecule has 1 N–H and O–H groups in total. The first-order valence-corrected chi connectivity index (χ1v) is 9.29. The van der Waals surface area contributed by atoms with E-state index in [2.05, 4.69) is 4.98 Å². The molecule has 0 bridgehead atoms. The van der Waals surface area contributed by atoms with Crippen molar-refractivity contribution in [2.45, 2.75) is 18.4 Å². The highest BCUT2D eigenvalue weighted by Gasteiger charge is 2.18. The Balaban J connectivity index is 2.08. The summed E-state index contributed by atoms with van der Waals surface area (Å²) in [7, 11) is -3.29. The number of hydrogen-bond acceptors (Lipinski definition) is 5. The quantitative estimate of drug-likeness (QED) is 0.753. The van der Waals surface area contributed by atoms with Crippen molar-refractivity contribution in [1.82, 2.24) is 4.98 Å². The molecule has 130 valence electrons. The zero-order valence-corrected chi connectivity index (χ0v) is 14.3. The van der Waals surface area contributed by atoms with Crippen LogP contribution >= 0.6 is 0 Å². The predicted molar refractivity (Wildman–Crippen MR) is 91.0 cm³/mol. The van der Waals surface area contributed by atoms with E-state index in [-0.39, 0.29) is 29.0 Å². The number of benzene rings is 2. The topological polar surface area (TPSA) is 80.4 Å². The fraction of sp³-hybridized carbons (Fsp3) is 0.167. The van der Waals surface area contributed by atoms with E-state index in [9.17, 15) is 17.9 Å². The summed E-state index contributed by atoms with van der Waals surface area (Å²) < 4.78 is 42.6. The van der Waals surface area contributed by atoms with E-state index >= 15 is 0 Å². The molecule has 3 aromatic rings. The second kappa shape index (κ2) is 6.78. The molecule has 5 nitrogen and oxygen atoms in total. The molecule has 0 fully saturated rings. The van der Waals surface area contributed by atoms with Crippen LogP contribution in [0.25, 0.3) is 22.6 Å². The minimum atomic E-state index is -3.29. The summed E-state index contributed by atoms with van der Waals surface area (Å²) >= 11 is 0. The van der Waals surface area contributed by atoms with Crippen LogP contribution in [0.5, 0.6) is 0 Å². The Morgan fingerprint density at radius 2 is 1.64 bits per heavy atom. The molecular formula is C18H16FNO4S. The van der Waals surface area contributed by atoms with E-state index in [0.29, 0.717) is 22.6 Å². The third-order valence-electron chi connectivity index (χ3n) is 3.78. The van der Waals surface area contributed by atoms with Gasteiger partial charge in [0.15, 0.2) is 15.6 Å². The number of halogens is 1. The molecule has 0 amide bonds. The molecule has 0 unspecified atom stereocenters. The lowest BCUT2D eigenvalue weighted by Gasteiger charge is -2.04. The molecule has 1 heterocycles. The summed E-state index contributed by atoms with van der Waals surface area (Å²) in [5.74, 6) is 0.158. The Morgan fingerprint density at radius 3 is 2.20 bits per heavy atom. The van der Waals surface area contributed by atoms with Gasteiger partial charge >= 0.3 is 0 Å². The standard InChI is InChI=1S/C18H16FNO4S/c1-2-25(22,23)15-9-5-13(6-10-15)18-17(20-16(11-21)24-18)12-3-7-14(19)8-4-12/h3-10,21H,2,11H2,1H3. The van der Waals surface area contributed by atoms with Crippen LogP contribution in [0.15, 0.2) is 57.8 Å². The lowest BCUT2D eigenvalue weighted by Crippen LogP contribution is -2.03. The first-order valence-electron chi connectivity index (χ1n) is 7.64. The summed E-state index contributed by atoms with van der Waals surface area (Å²) in [6.45, 7) is 1.20. The number of aliphatic hydroxyl groups excluding tert-OH is 1. The third kappa shape index (κ3) is 3.47. The molecule has 0 aliphatic carbocycles. The zero-order chi connectivity index (χ0) is 18.0. The van der Waals surface area contributed by atoms with Gasteiger partial charge in [0, 0.05) is 11.1 Å². The Hall–Kier alpha value is -2.51. The molecule has 0 saturated carbocycles. The fourth-order valence-corrected chi connectivity index (χ4v) is 3.30. The van der Waals surface area contributed by atoms with Gasteiger partial charge in [-0.3, -0.25) is 0 Å². The van der Waals surface area contributed by atoms with Gasteiger partial charge in [0.1, 0.15) is 18.1 Å². The lowest BCUT2D eigenvalue weighted by atomic mass is 10.1. The van der Waals surface area contributed by atoms with Crippen LogP contribution in [0, 0.1) is 5.82 Å². The molecule has 7 heteroatoms. The van der Waals surface area contributed by atoms with Crippen molar-refractivity contribution in [3.05, 3.63) is 60.2 Å². The smallest absolute Gasteiger partial charge is 0.221 e. The molecule has 0 aliphatic rings. The van der Waals surface area contributed by atoms with E-state index in [4.69, 9.17) is 4.42 Å². The van der Waals surface area contributed by atoms with Crippen LogP contribution in [0.3, 0.4) is 0 Å². The Kier molecular flexibility index (Phi) is 4.69. The van der Waals surface area contributed by atoms with Gasteiger partial charge in [0.2, 0.25) is 5.89 Å². The van der Waals surface area contributed by atoms with Gasteiger partial charge in [0.25, 0.3) is 0 Å². The molecule has 0 saturated heterocycles. The van der Waals surface area contributed by atoms with E-state index in [0.717, 1.165) is 0 Å². The molecule has 0 aliphatic heterocycles. The summed E-state index contributed by atoms with van der Waals surface area (Å²) in [6, 6.07) is 12.0. The zero-order valence-electron chi connectivity index (χ0n) is 13.4. The van der Waals surface area contributed by atoms with Crippen LogP contribution in [0.2, 0.25) is 0 Å². The van der Waals surface area contributed by atoms with Gasteiger partial charge in [-0.2, -0.15) is 0 Å². The summed E-state index contributed by atoms with van der Waals surface area (Å²) in [5.41, 5.74) is 1.70. The Bertz CT molecular complexity index is 977. The summed E-state index contributed by atoms with van der Waals surface area (Å²) in [5, 5.41) is 9.30. The molecule has 25 heavy (non-hydrogen) atoms. The largest absolute Gasteiger partial charge is 0.437 e. The number of rotatable bonds is 5. The molecule has 0 radical (unpaired) electrons. The van der Waals surface area contributed by atoms with Crippen LogP contribution < -0.4 is 0 Å². The van der Waals surface area contributed by atoms with Crippen LogP contribution in [0.1, 0.15) is 12.8 Å². The van der Waals surface area contributed by atoms with Crippen molar-refractivity contribution in [1.29, 1.82) is 0 Å². The average molecular weight is 361 g/mol. The predicted octanol–water partition coefficient (Wildman–Crippen LogP) is 3.43. The van der Waals surface area contributed by atoms with Crippen LogP contribution in [-0.2, 0) is 16.4 Å². The number of hydrogen-bond donors (Lipinski definition) is 1. The first-order chi connectivity index (χ1) is 11.9. The minimum Gasteiger partial charge on any atom is -0.437 e. The van der Waals surface area contributed by atoms with E-state index in [1.165, 1.54) is 24.3 Å². The van der Waals surface area contributed by atoms with Gasteiger partial charge in [-0.1, -0.05) is 6.92 Å². The lowest BCUT2D eigenvalue weighted by molar-refractivity contribution is 0.241. The van der Waals surface area contributed by atoms with Gasteiger partial charge in [-0.05, 0) is 48.5 Å². The highest BCUT2D eigenvalue weighted by Crippen LogP contribution is 2.33. The highest BCUT2D eigenvalue weighted by atomic mass is 32.2. The normalized spacial score (nSPS) is 11.6. The number of aromatic nitrogens is 1. The van der Waals surface area contributed by atoms with E-state index in [1.54, 1.807) is 31.2 Å². The minimum absolute atomic E-state index is 0.0180. The number of oxazole rings is 1. The maximum absolute atomic E-state index is 13.1. The monoisotopic (exact) mass is 361 g/mol. The van der Waals surface area contributed by atoms with Crippen molar-refractivity contribution >= 4 is 9.84 Å². The molecule has 0 spiro atoms. The van der Waals surface area contributed by atoms with E-state index in [1.807, 2.05) is 0 Å². The summed E-state index contributed by atoms with van der Waals surface area (Å²) in [6.07, 6.45) is 0. The van der Waals surface area contributed by atoms with Crippen molar-refractivity contribution in [2.24, 2.45) is 0 Å². The highest BCUT2D eigenvalue weighted by molar-refractivity contribution is 7.91. The second-order valence-corrected chi connectivity index (χ2v) is 7.66. The molecule has 3 rings (SSSR count). The number of sulfone groups is 1. The SMILES string of the molecule is CCS(=O)(=O)c1ccc(-c2oc(CO)nc2-c2ccc(F)cc2)cc1. The van der Waals surface area contributed by atoms with Gasteiger partial charge < -0.3 is 9.52 Å². The van der Waals surface area contributed by atoms with Crippen molar-refractivity contribution in [2.75, 3.05) is 5.75 Å². The average Bonchev–Trinajstić information content (AvgIpc) is 3.07.